The van der Waals surface area contributed by atoms with Crippen molar-refractivity contribution in [3.8, 4) is 5.75 Å². The van der Waals surface area contributed by atoms with Crippen LogP contribution in [0.15, 0.2) is 22.7 Å². The maximum atomic E-state index is 10.6. The van der Waals surface area contributed by atoms with Gasteiger partial charge in [-0.2, -0.15) is 0 Å². The van der Waals surface area contributed by atoms with E-state index in [0.717, 1.165) is 4.47 Å². The fourth-order valence-electron chi connectivity index (χ4n) is 1.03. The molecule has 1 rings (SSSR count). The highest BCUT2D eigenvalue weighted by molar-refractivity contribution is 9.10. The summed E-state index contributed by atoms with van der Waals surface area (Å²) in [7, 11) is 1.62. The Balaban J connectivity index is 2.43. The molecule has 0 spiro atoms. The summed E-state index contributed by atoms with van der Waals surface area (Å²) in [6, 6.07) is 5.14. The molecule has 0 aliphatic carbocycles. The van der Waals surface area contributed by atoms with E-state index >= 15 is 0 Å². The number of halogens is 3. The van der Waals surface area contributed by atoms with Gasteiger partial charge >= 0.3 is 0 Å². The van der Waals surface area contributed by atoms with E-state index in [1.807, 2.05) is 0 Å². The van der Waals surface area contributed by atoms with E-state index in [9.17, 15) is 8.42 Å². The molecule has 0 saturated heterocycles. The SMILES string of the molecule is O=S(=O)(Cl)CCCOc1cc(Cl)cc(Br)c1. The molecule has 0 aliphatic rings. The third kappa shape index (κ3) is 5.94. The van der Waals surface area contributed by atoms with Gasteiger partial charge in [0, 0.05) is 20.2 Å². The molecule has 0 amide bonds. The van der Waals surface area contributed by atoms with Crippen LogP contribution in [0.3, 0.4) is 0 Å². The molecule has 0 heterocycles. The van der Waals surface area contributed by atoms with Crippen LogP contribution in [0.4, 0.5) is 0 Å². The number of rotatable bonds is 5. The maximum Gasteiger partial charge on any atom is 0.232 e. The fourth-order valence-corrected chi connectivity index (χ4v) is 2.65. The first kappa shape index (κ1) is 14.1. The van der Waals surface area contributed by atoms with E-state index < -0.39 is 9.05 Å². The molecule has 16 heavy (non-hydrogen) atoms. The first-order chi connectivity index (χ1) is 7.37. The Kier molecular flexibility index (Phi) is 5.37. The Morgan fingerprint density at radius 2 is 2.00 bits per heavy atom. The zero-order valence-electron chi connectivity index (χ0n) is 8.12. The van der Waals surface area contributed by atoms with Gasteiger partial charge in [0.1, 0.15) is 5.75 Å². The lowest BCUT2D eigenvalue weighted by molar-refractivity contribution is 0.317. The van der Waals surface area contributed by atoms with Crippen LogP contribution in [0.25, 0.3) is 0 Å². The lowest BCUT2D eigenvalue weighted by Crippen LogP contribution is -2.04. The van der Waals surface area contributed by atoms with E-state index in [0.29, 0.717) is 17.2 Å². The third-order valence-electron chi connectivity index (χ3n) is 1.64. The zero-order chi connectivity index (χ0) is 12.2. The summed E-state index contributed by atoms with van der Waals surface area (Å²) >= 11 is 9.08. The van der Waals surface area contributed by atoms with Gasteiger partial charge in [-0.1, -0.05) is 27.5 Å². The first-order valence-electron chi connectivity index (χ1n) is 4.38. The highest BCUT2D eigenvalue weighted by atomic mass is 79.9. The number of hydrogen-bond acceptors (Lipinski definition) is 3. The Bertz CT molecular complexity index is 442. The molecule has 0 aliphatic heterocycles. The molecule has 0 bridgehead atoms. The summed E-state index contributed by atoms with van der Waals surface area (Å²) in [4.78, 5) is 0. The van der Waals surface area contributed by atoms with E-state index in [4.69, 9.17) is 27.0 Å². The summed E-state index contributed by atoms with van der Waals surface area (Å²) in [5.74, 6) is 0.488. The van der Waals surface area contributed by atoms with Gasteiger partial charge in [0.2, 0.25) is 9.05 Å². The van der Waals surface area contributed by atoms with Gasteiger partial charge in [-0.25, -0.2) is 8.42 Å². The van der Waals surface area contributed by atoms with Crippen LogP contribution < -0.4 is 4.74 Å². The van der Waals surface area contributed by atoms with Crippen LogP contribution in [-0.2, 0) is 9.05 Å². The van der Waals surface area contributed by atoms with Gasteiger partial charge in [0.25, 0.3) is 0 Å². The fraction of sp³-hybridized carbons (Fsp3) is 0.333. The summed E-state index contributed by atoms with van der Waals surface area (Å²) in [5, 5.41) is 0.550. The van der Waals surface area contributed by atoms with Crippen LogP contribution in [-0.4, -0.2) is 20.8 Å². The Labute approximate surface area is 112 Å². The average Bonchev–Trinajstić information content (AvgIpc) is 2.09. The lowest BCUT2D eigenvalue weighted by Gasteiger charge is -2.06. The quantitative estimate of drug-likeness (QED) is 0.605. The maximum absolute atomic E-state index is 10.6. The van der Waals surface area contributed by atoms with Gasteiger partial charge in [0.15, 0.2) is 0 Å². The highest BCUT2D eigenvalue weighted by Crippen LogP contribution is 2.24. The smallest absolute Gasteiger partial charge is 0.232 e. The molecular formula is C9H9BrCl2O3S. The van der Waals surface area contributed by atoms with Crippen molar-refractivity contribution in [3.05, 3.63) is 27.7 Å². The Morgan fingerprint density at radius 1 is 1.31 bits per heavy atom. The molecule has 1 aromatic rings. The molecule has 0 N–H and O–H groups in total. The number of benzene rings is 1. The first-order valence-corrected chi connectivity index (χ1v) is 8.03. The summed E-state index contributed by atoms with van der Waals surface area (Å²) < 4.78 is 27.4. The van der Waals surface area contributed by atoms with Crippen molar-refractivity contribution in [1.82, 2.24) is 0 Å². The van der Waals surface area contributed by atoms with Crippen molar-refractivity contribution in [2.75, 3.05) is 12.4 Å². The highest BCUT2D eigenvalue weighted by Gasteiger charge is 2.05. The molecule has 0 radical (unpaired) electrons. The van der Waals surface area contributed by atoms with Crippen LogP contribution in [0.1, 0.15) is 6.42 Å². The predicted octanol–water partition coefficient (Wildman–Crippen LogP) is 3.44. The largest absolute Gasteiger partial charge is 0.493 e. The van der Waals surface area contributed by atoms with Crippen molar-refractivity contribution in [1.29, 1.82) is 0 Å². The van der Waals surface area contributed by atoms with Crippen molar-refractivity contribution in [3.63, 3.8) is 0 Å². The van der Waals surface area contributed by atoms with Crippen molar-refractivity contribution < 1.29 is 13.2 Å². The topological polar surface area (TPSA) is 43.4 Å². The Morgan fingerprint density at radius 3 is 2.56 bits per heavy atom. The third-order valence-corrected chi connectivity index (χ3v) is 3.55. The molecule has 0 unspecified atom stereocenters. The number of hydrogen-bond donors (Lipinski definition) is 0. The summed E-state index contributed by atoms with van der Waals surface area (Å²) in [5.41, 5.74) is 0. The summed E-state index contributed by atoms with van der Waals surface area (Å²) in [6.45, 7) is 0.277. The van der Waals surface area contributed by atoms with Gasteiger partial charge in [-0.15, -0.1) is 0 Å². The molecule has 90 valence electrons. The molecule has 0 aromatic heterocycles. The van der Waals surface area contributed by atoms with Crippen LogP contribution >= 0.6 is 38.2 Å². The Hall–Kier alpha value is 0.0300. The molecule has 1 aromatic carbocycles. The monoisotopic (exact) mass is 346 g/mol. The standard InChI is InChI=1S/C9H9BrCl2O3S/c10-7-4-8(11)6-9(5-7)15-2-1-3-16(12,13)14/h4-6H,1-3H2. The predicted molar refractivity (Wildman–Crippen MR) is 68.9 cm³/mol. The molecule has 7 heteroatoms. The minimum atomic E-state index is -3.44. The molecule has 0 saturated carbocycles. The minimum Gasteiger partial charge on any atom is -0.493 e. The van der Waals surface area contributed by atoms with E-state index in [1.54, 1.807) is 18.2 Å². The van der Waals surface area contributed by atoms with Crippen molar-refractivity contribution in [2.24, 2.45) is 0 Å². The van der Waals surface area contributed by atoms with E-state index in [-0.39, 0.29) is 12.4 Å². The average molecular weight is 348 g/mol. The molecular weight excluding hydrogens is 339 g/mol. The van der Waals surface area contributed by atoms with Crippen LogP contribution in [0.2, 0.25) is 5.02 Å². The van der Waals surface area contributed by atoms with Crippen molar-refractivity contribution in [2.45, 2.75) is 6.42 Å². The summed E-state index contributed by atoms with van der Waals surface area (Å²) in [6.07, 6.45) is 0.343. The van der Waals surface area contributed by atoms with Gasteiger partial charge in [-0.3, -0.25) is 0 Å². The van der Waals surface area contributed by atoms with E-state index in [2.05, 4.69) is 15.9 Å². The van der Waals surface area contributed by atoms with E-state index in [1.165, 1.54) is 0 Å². The molecule has 3 nitrogen and oxygen atoms in total. The van der Waals surface area contributed by atoms with Gasteiger partial charge in [-0.05, 0) is 24.6 Å². The van der Waals surface area contributed by atoms with Crippen LogP contribution in [0.5, 0.6) is 5.75 Å². The van der Waals surface area contributed by atoms with Gasteiger partial charge in [0.05, 0.1) is 12.4 Å². The number of ether oxygens (including phenoxy) is 1. The van der Waals surface area contributed by atoms with Crippen LogP contribution in [0, 0.1) is 0 Å². The van der Waals surface area contributed by atoms with Gasteiger partial charge < -0.3 is 4.74 Å². The second kappa shape index (κ2) is 6.10. The molecule has 0 atom stereocenters. The second-order valence-electron chi connectivity index (χ2n) is 3.05. The minimum absolute atomic E-state index is 0.101. The second-order valence-corrected chi connectivity index (χ2v) is 7.30. The zero-order valence-corrected chi connectivity index (χ0v) is 12.0. The van der Waals surface area contributed by atoms with Crippen molar-refractivity contribution >= 4 is 47.3 Å². The lowest BCUT2D eigenvalue weighted by atomic mass is 10.3. The molecule has 0 fully saturated rings. The normalized spacial score (nSPS) is 11.4.